The molecule has 6 nitrogen and oxygen atoms in total. The van der Waals surface area contributed by atoms with Crippen molar-refractivity contribution >= 4 is 11.9 Å². The number of carbonyl (C=O) groups is 2. The van der Waals surface area contributed by atoms with E-state index in [0.717, 1.165) is 101 Å². The van der Waals surface area contributed by atoms with E-state index in [1.807, 2.05) is 0 Å². The number of hydrogen-bond donors (Lipinski definition) is 4. The van der Waals surface area contributed by atoms with Crippen LogP contribution in [-0.2, 0) is 22.4 Å². The largest absolute Gasteiger partial charge is 0.508 e. The lowest BCUT2D eigenvalue weighted by Crippen LogP contribution is -2.14. The molecule has 1 aromatic rings. The Hall–Kier alpha value is -2.24. The van der Waals surface area contributed by atoms with Crippen LogP contribution >= 0.6 is 0 Å². The number of unbranched alkanes of at least 4 members (excludes halogenated alkanes) is 6. The minimum Gasteiger partial charge on any atom is -0.508 e. The van der Waals surface area contributed by atoms with Gasteiger partial charge in [-0.15, -0.1) is 0 Å². The van der Waals surface area contributed by atoms with Crippen LogP contribution in [0.2, 0.25) is 0 Å². The van der Waals surface area contributed by atoms with Gasteiger partial charge in [0, 0.05) is 11.1 Å². The Morgan fingerprint density at radius 3 is 1.28 bits per heavy atom. The highest BCUT2D eigenvalue weighted by molar-refractivity contribution is 5.78. The Kier molecular flexibility index (Phi) is 8.07. The number of aliphatic carboxylic acids is 2. The zero-order valence-corrected chi connectivity index (χ0v) is 19.1. The quantitative estimate of drug-likeness (QED) is 0.188. The fraction of sp³-hybridized carbons (Fsp3) is 0.692. The number of aromatic hydroxyl groups is 2. The third-order valence-corrected chi connectivity index (χ3v) is 7.66. The van der Waals surface area contributed by atoms with Crippen molar-refractivity contribution in [2.45, 2.75) is 103 Å². The molecule has 2 saturated carbocycles. The van der Waals surface area contributed by atoms with Crippen molar-refractivity contribution in [3.05, 3.63) is 23.3 Å². The molecular formula is C26H38O6. The van der Waals surface area contributed by atoms with Crippen LogP contribution < -0.4 is 0 Å². The number of phenolic OH excluding ortho intramolecular Hbond substituents is 2. The smallest absolute Gasteiger partial charge is 0.309 e. The molecule has 3 rings (SSSR count). The first-order valence-corrected chi connectivity index (χ1v) is 12.3. The zero-order chi connectivity index (χ0) is 23.2. The second-order valence-corrected chi connectivity index (χ2v) is 10.1. The van der Waals surface area contributed by atoms with Gasteiger partial charge in [-0.1, -0.05) is 38.5 Å². The van der Waals surface area contributed by atoms with Crippen LogP contribution in [0.5, 0.6) is 11.5 Å². The third kappa shape index (κ3) is 6.17. The normalized spacial score (nSPS) is 17.8. The van der Waals surface area contributed by atoms with Crippen LogP contribution in [0.3, 0.4) is 0 Å². The molecule has 0 saturated heterocycles. The number of carboxylic acid groups (broad SMARTS) is 2. The van der Waals surface area contributed by atoms with E-state index in [9.17, 15) is 30.0 Å². The minimum absolute atomic E-state index is 0.234. The van der Waals surface area contributed by atoms with Crippen LogP contribution in [0.1, 0.15) is 101 Å². The van der Waals surface area contributed by atoms with Crippen molar-refractivity contribution in [3.8, 4) is 11.5 Å². The Labute approximate surface area is 190 Å². The first kappa shape index (κ1) is 24.4. The summed E-state index contributed by atoms with van der Waals surface area (Å²) in [5, 5.41) is 39.2. The van der Waals surface area contributed by atoms with E-state index in [0.29, 0.717) is 12.8 Å². The highest BCUT2D eigenvalue weighted by Gasteiger charge is 2.49. The summed E-state index contributed by atoms with van der Waals surface area (Å²) in [6.45, 7) is 0. The lowest BCUT2D eigenvalue weighted by atomic mass is 9.93. The fourth-order valence-corrected chi connectivity index (χ4v) is 4.91. The molecule has 0 atom stereocenters. The van der Waals surface area contributed by atoms with E-state index >= 15 is 0 Å². The molecule has 32 heavy (non-hydrogen) atoms. The molecule has 0 spiro atoms. The average molecular weight is 447 g/mol. The summed E-state index contributed by atoms with van der Waals surface area (Å²) in [5.74, 6) is -0.836. The molecule has 0 aromatic heterocycles. The number of carboxylic acids is 2. The summed E-state index contributed by atoms with van der Waals surface area (Å²) < 4.78 is 0. The van der Waals surface area contributed by atoms with E-state index in [-0.39, 0.29) is 11.5 Å². The van der Waals surface area contributed by atoms with Crippen molar-refractivity contribution in [2.24, 2.45) is 10.8 Å². The predicted molar refractivity (Wildman–Crippen MR) is 122 cm³/mol. The summed E-state index contributed by atoms with van der Waals surface area (Å²) in [4.78, 5) is 22.5. The minimum atomic E-state index is -0.652. The van der Waals surface area contributed by atoms with Gasteiger partial charge in [0.2, 0.25) is 0 Å². The van der Waals surface area contributed by atoms with Crippen LogP contribution in [0.4, 0.5) is 0 Å². The van der Waals surface area contributed by atoms with Crippen LogP contribution in [-0.4, -0.2) is 32.4 Å². The molecule has 0 unspecified atom stereocenters. The summed E-state index contributed by atoms with van der Waals surface area (Å²) >= 11 is 0. The Morgan fingerprint density at radius 2 is 0.969 bits per heavy atom. The molecule has 2 fully saturated rings. The molecule has 0 radical (unpaired) electrons. The highest BCUT2D eigenvalue weighted by Crippen LogP contribution is 2.50. The van der Waals surface area contributed by atoms with E-state index in [1.165, 1.54) is 0 Å². The van der Waals surface area contributed by atoms with Crippen molar-refractivity contribution in [1.82, 2.24) is 0 Å². The van der Waals surface area contributed by atoms with Gasteiger partial charge in [-0.2, -0.15) is 0 Å². The van der Waals surface area contributed by atoms with Gasteiger partial charge in [-0.05, 0) is 76.3 Å². The number of hydrogen-bond acceptors (Lipinski definition) is 4. The van der Waals surface area contributed by atoms with Crippen LogP contribution in [0.25, 0.3) is 0 Å². The lowest BCUT2D eigenvalue weighted by Gasteiger charge is -2.14. The van der Waals surface area contributed by atoms with Gasteiger partial charge in [0.25, 0.3) is 0 Å². The second kappa shape index (κ2) is 10.6. The molecular weight excluding hydrogens is 408 g/mol. The first-order valence-electron chi connectivity index (χ1n) is 12.3. The van der Waals surface area contributed by atoms with E-state index < -0.39 is 22.8 Å². The first-order chi connectivity index (χ1) is 15.3. The molecule has 6 heteroatoms. The monoisotopic (exact) mass is 446 g/mol. The molecule has 2 aliphatic rings. The van der Waals surface area contributed by atoms with Gasteiger partial charge in [-0.25, -0.2) is 0 Å². The van der Waals surface area contributed by atoms with Crippen LogP contribution in [0, 0.1) is 10.8 Å². The van der Waals surface area contributed by atoms with E-state index in [4.69, 9.17) is 0 Å². The molecule has 0 bridgehead atoms. The number of phenols is 2. The van der Waals surface area contributed by atoms with Crippen molar-refractivity contribution in [1.29, 1.82) is 0 Å². The van der Waals surface area contributed by atoms with Gasteiger partial charge < -0.3 is 20.4 Å². The lowest BCUT2D eigenvalue weighted by molar-refractivity contribution is -0.144. The van der Waals surface area contributed by atoms with Gasteiger partial charge in [-0.3, -0.25) is 9.59 Å². The van der Waals surface area contributed by atoms with Crippen molar-refractivity contribution in [3.63, 3.8) is 0 Å². The van der Waals surface area contributed by atoms with E-state index in [1.54, 1.807) is 12.1 Å². The third-order valence-electron chi connectivity index (χ3n) is 7.66. The van der Waals surface area contributed by atoms with Gasteiger partial charge >= 0.3 is 11.9 Å². The SMILES string of the molecule is O=C(O)C1(CCCCCCc2c(O)ccc(O)c2CCCCCCC2(C(=O)O)CC2)CC1. The molecule has 4 N–H and O–H groups in total. The topological polar surface area (TPSA) is 115 Å². The fourth-order valence-electron chi connectivity index (χ4n) is 4.91. The van der Waals surface area contributed by atoms with E-state index in [2.05, 4.69) is 0 Å². The van der Waals surface area contributed by atoms with Gasteiger partial charge in [0.15, 0.2) is 0 Å². The molecule has 1 aromatic carbocycles. The Balaban J connectivity index is 1.37. The average Bonchev–Trinajstić information content (AvgIpc) is 3.66. The highest BCUT2D eigenvalue weighted by atomic mass is 16.4. The Bertz CT molecular complexity index is 740. The van der Waals surface area contributed by atoms with Gasteiger partial charge in [0.1, 0.15) is 11.5 Å². The number of benzene rings is 1. The van der Waals surface area contributed by atoms with Crippen molar-refractivity contribution in [2.75, 3.05) is 0 Å². The molecule has 0 heterocycles. The maximum Gasteiger partial charge on any atom is 0.309 e. The maximum atomic E-state index is 11.2. The summed E-state index contributed by atoms with van der Waals surface area (Å²) in [6.07, 6.45) is 13.8. The molecule has 0 amide bonds. The molecule has 178 valence electrons. The number of rotatable bonds is 16. The molecule has 0 aliphatic heterocycles. The standard InChI is InChI=1S/C26H38O6/c27-21-11-12-22(28)20(10-6-2-4-8-14-26(17-18-26)24(31)32)19(21)9-5-1-3-7-13-25(15-16-25)23(29)30/h11-12,27-28H,1-10,13-18H2,(H,29,30)(H,31,32). The zero-order valence-electron chi connectivity index (χ0n) is 19.1. The summed E-state index contributed by atoms with van der Waals surface area (Å²) in [5.41, 5.74) is 0.779. The summed E-state index contributed by atoms with van der Waals surface area (Å²) in [7, 11) is 0. The molecule has 2 aliphatic carbocycles. The van der Waals surface area contributed by atoms with Crippen molar-refractivity contribution < 1.29 is 30.0 Å². The second-order valence-electron chi connectivity index (χ2n) is 10.1. The maximum absolute atomic E-state index is 11.2. The van der Waals surface area contributed by atoms with Gasteiger partial charge in [0.05, 0.1) is 10.8 Å². The Morgan fingerprint density at radius 1 is 0.625 bits per heavy atom. The van der Waals surface area contributed by atoms with Crippen LogP contribution in [0.15, 0.2) is 12.1 Å². The summed E-state index contributed by atoms with van der Waals surface area (Å²) in [6, 6.07) is 3.11. The predicted octanol–water partition coefficient (Wildman–Crippen LogP) is 5.81.